The van der Waals surface area contributed by atoms with Crippen molar-refractivity contribution in [3.63, 3.8) is 0 Å². The number of ether oxygens (including phenoxy) is 1. The quantitative estimate of drug-likeness (QED) is 0.665. The van der Waals surface area contributed by atoms with Crippen LogP contribution in [0.15, 0.2) is 47.4 Å². The van der Waals surface area contributed by atoms with Crippen molar-refractivity contribution < 1.29 is 22.7 Å². The van der Waals surface area contributed by atoms with E-state index < -0.39 is 22.0 Å². The fourth-order valence-corrected chi connectivity index (χ4v) is 6.13. The Morgan fingerprint density at radius 1 is 1.00 bits per heavy atom. The van der Waals surface area contributed by atoms with E-state index in [4.69, 9.17) is 4.74 Å². The number of carbonyl (C=O) groups excluding carboxylic acids is 2. The molecule has 2 aromatic rings. The molecule has 176 valence electrons. The van der Waals surface area contributed by atoms with Gasteiger partial charge in [0, 0.05) is 32.6 Å². The van der Waals surface area contributed by atoms with Crippen LogP contribution in [0.3, 0.4) is 0 Å². The van der Waals surface area contributed by atoms with E-state index in [1.165, 1.54) is 6.07 Å². The maximum Gasteiger partial charge on any atom is 0.267 e. The first-order valence-electron chi connectivity index (χ1n) is 11.1. The fraction of sp³-hybridized carbons (Fsp3) is 0.417. The van der Waals surface area contributed by atoms with Crippen LogP contribution in [0.25, 0.3) is 0 Å². The third-order valence-electron chi connectivity index (χ3n) is 6.50. The molecule has 9 heteroatoms. The largest absolute Gasteiger partial charge is 0.495 e. The molecule has 0 bridgehead atoms. The second kappa shape index (κ2) is 9.05. The molecule has 8 nitrogen and oxygen atoms in total. The third kappa shape index (κ3) is 4.29. The van der Waals surface area contributed by atoms with Gasteiger partial charge < -0.3 is 14.5 Å². The van der Waals surface area contributed by atoms with Crippen LogP contribution >= 0.6 is 0 Å². The first-order valence-corrected chi connectivity index (χ1v) is 12.5. The van der Waals surface area contributed by atoms with Crippen molar-refractivity contribution in [3.8, 4) is 5.75 Å². The number of methoxy groups -OCH3 is 1. The van der Waals surface area contributed by atoms with Gasteiger partial charge in [0.15, 0.2) is 0 Å². The summed E-state index contributed by atoms with van der Waals surface area (Å²) in [4.78, 5) is 29.8. The van der Waals surface area contributed by atoms with Crippen molar-refractivity contribution >= 4 is 27.5 Å². The molecule has 0 aliphatic carbocycles. The van der Waals surface area contributed by atoms with Gasteiger partial charge in [0.05, 0.1) is 17.7 Å². The molecule has 0 aromatic heterocycles. The normalized spacial score (nSPS) is 19.2. The molecule has 0 spiro atoms. The minimum absolute atomic E-state index is 0.0413. The summed E-state index contributed by atoms with van der Waals surface area (Å²) in [6.07, 6.45) is 0.246. The zero-order chi connectivity index (χ0) is 23.8. The lowest BCUT2D eigenvalue weighted by Gasteiger charge is -2.38. The Morgan fingerprint density at radius 2 is 1.70 bits per heavy atom. The summed E-state index contributed by atoms with van der Waals surface area (Å²) in [6, 6.07) is 11.5. The van der Waals surface area contributed by atoms with Crippen molar-refractivity contribution in [2.24, 2.45) is 0 Å². The molecule has 2 fully saturated rings. The predicted molar refractivity (Wildman–Crippen MR) is 125 cm³/mol. The molecule has 0 radical (unpaired) electrons. The number of aryl methyl sites for hydroxylation is 2. The van der Waals surface area contributed by atoms with Gasteiger partial charge >= 0.3 is 0 Å². The smallest absolute Gasteiger partial charge is 0.267 e. The van der Waals surface area contributed by atoms with E-state index in [-0.39, 0.29) is 23.6 Å². The minimum atomic E-state index is -4.11. The molecular weight excluding hydrogens is 442 g/mol. The molecule has 1 atom stereocenters. The van der Waals surface area contributed by atoms with Crippen molar-refractivity contribution in [2.75, 3.05) is 38.2 Å². The SMILES string of the molecule is COc1ccccc1N1CCN(C(=O)[C@H]2CCC(=O)N2S(=O)(=O)c2ccc(C)c(C)c2)CC1. The predicted octanol–water partition coefficient (Wildman–Crippen LogP) is 2.34. The number of anilines is 1. The molecule has 2 aliphatic heterocycles. The van der Waals surface area contributed by atoms with Crippen molar-refractivity contribution in [1.82, 2.24) is 9.21 Å². The Labute approximate surface area is 194 Å². The van der Waals surface area contributed by atoms with Gasteiger partial charge in [0.2, 0.25) is 11.8 Å². The molecule has 2 amide bonds. The molecular formula is C24H29N3O5S. The average molecular weight is 472 g/mol. The fourth-order valence-electron chi connectivity index (χ4n) is 4.44. The average Bonchev–Trinajstić information content (AvgIpc) is 3.22. The van der Waals surface area contributed by atoms with Crippen LogP contribution in [0.4, 0.5) is 5.69 Å². The van der Waals surface area contributed by atoms with Crippen LogP contribution in [0.5, 0.6) is 5.75 Å². The van der Waals surface area contributed by atoms with Crippen LogP contribution in [-0.2, 0) is 19.6 Å². The van der Waals surface area contributed by atoms with Crippen molar-refractivity contribution in [1.29, 1.82) is 0 Å². The van der Waals surface area contributed by atoms with E-state index in [1.54, 1.807) is 24.1 Å². The Hall–Kier alpha value is -3.07. The van der Waals surface area contributed by atoms with Gasteiger partial charge in [0.1, 0.15) is 11.8 Å². The van der Waals surface area contributed by atoms with Crippen LogP contribution in [0.1, 0.15) is 24.0 Å². The second-order valence-electron chi connectivity index (χ2n) is 8.48. The third-order valence-corrected chi connectivity index (χ3v) is 8.32. The Morgan fingerprint density at radius 3 is 2.36 bits per heavy atom. The topological polar surface area (TPSA) is 87.2 Å². The standard InChI is InChI=1S/C24H29N3O5S/c1-17-8-9-19(16-18(17)2)33(30,31)27-21(10-11-23(27)28)24(29)26-14-12-25(13-15-26)20-6-4-5-7-22(20)32-3/h4-9,16,21H,10-15H2,1-3H3/t21-/m1/s1. The van der Waals surface area contributed by atoms with Crippen LogP contribution in [-0.4, -0.2) is 68.8 Å². The van der Waals surface area contributed by atoms with Gasteiger partial charge in [-0.3, -0.25) is 9.59 Å². The van der Waals surface area contributed by atoms with Crippen molar-refractivity contribution in [3.05, 3.63) is 53.6 Å². The monoisotopic (exact) mass is 471 g/mol. The summed E-state index contributed by atoms with van der Waals surface area (Å²) in [5.41, 5.74) is 2.74. The molecule has 4 rings (SSSR count). The van der Waals surface area contributed by atoms with E-state index in [0.29, 0.717) is 26.2 Å². The zero-order valence-electron chi connectivity index (χ0n) is 19.2. The number of rotatable bonds is 5. The summed E-state index contributed by atoms with van der Waals surface area (Å²) in [6.45, 7) is 5.79. The molecule has 33 heavy (non-hydrogen) atoms. The Bertz CT molecular complexity index is 1170. The highest BCUT2D eigenvalue weighted by Gasteiger charge is 2.46. The van der Waals surface area contributed by atoms with Gasteiger partial charge in [0.25, 0.3) is 10.0 Å². The number of carbonyl (C=O) groups is 2. The van der Waals surface area contributed by atoms with Crippen LogP contribution in [0.2, 0.25) is 0 Å². The van der Waals surface area contributed by atoms with Gasteiger partial charge in [-0.25, -0.2) is 12.7 Å². The minimum Gasteiger partial charge on any atom is -0.495 e. The number of benzene rings is 2. The number of amides is 2. The maximum absolute atomic E-state index is 13.3. The summed E-state index contributed by atoms with van der Waals surface area (Å²) in [7, 11) is -2.49. The first kappa shape index (κ1) is 23.1. The Kier molecular flexibility index (Phi) is 6.34. The summed E-state index contributed by atoms with van der Waals surface area (Å²) in [5.74, 6) is -0.0727. The number of piperazine rings is 1. The second-order valence-corrected chi connectivity index (χ2v) is 10.3. The summed E-state index contributed by atoms with van der Waals surface area (Å²) in [5, 5.41) is 0. The number of sulfonamides is 1. The number of para-hydroxylation sites is 2. The lowest BCUT2D eigenvalue weighted by Crippen LogP contribution is -2.55. The molecule has 2 saturated heterocycles. The first-order chi connectivity index (χ1) is 15.7. The highest BCUT2D eigenvalue weighted by molar-refractivity contribution is 7.89. The lowest BCUT2D eigenvalue weighted by molar-refractivity contribution is -0.138. The highest BCUT2D eigenvalue weighted by Crippen LogP contribution is 2.31. The van der Waals surface area contributed by atoms with E-state index >= 15 is 0 Å². The van der Waals surface area contributed by atoms with E-state index in [1.807, 2.05) is 38.1 Å². The van der Waals surface area contributed by atoms with Crippen molar-refractivity contribution in [2.45, 2.75) is 37.6 Å². The number of hydrogen-bond donors (Lipinski definition) is 0. The van der Waals surface area contributed by atoms with Gasteiger partial charge in [-0.2, -0.15) is 0 Å². The van der Waals surface area contributed by atoms with Gasteiger partial charge in [-0.05, 0) is 55.7 Å². The summed E-state index contributed by atoms with van der Waals surface area (Å²) >= 11 is 0. The van der Waals surface area contributed by atoms with Crippen LogP contribution in [0, 0.1) is 13.8 Å². The molecule has 2 aromatic carbocycles. The summed E-state index contributed by atoms with van der Waals surface area (Å²) < 4.78 is 32.9. The zero-order valence-corrected chi connectivity index (χ0v) is 20.0. The molecule has 2 aliphatic rings. The molecule has 0 saturated carbocycles. The van der Waals surface area contributed by atoms with Gasteiger partial charge in [-0.15, -0.1) is 0 Å². The number of nitrogens with zero attached hydrogens (tertiary/aromatic N) is 3. The molecule has 0 N–H and O–H groups in total. The number of hydrogen-bond acceptors (Lipinski definition) is 6. The van der Waals surface area contributed by atoms with E-state index in [9.17, 15) is 18.0 Å². The van der Waals surface area contributed by atoms with Crippen LogP contribution < -0.4 is 9.64 Å². The Balaban J connectivity index is 1.51. The molecule has 0 unspecified atom stereocenters. The highest BCUT2D eigenvalue weighted by atomic mass is 32.2. The van der Waals surface area contributed by atoms with Gasteiger partial charge in [-0.1, -0.05) is 18.2 Å². The maximum atomic E-state index is 13.3. The lowest BCUT2D eigenvalue weighted by atomic mass is 10.1. The van der Waals surface area contributed by atoms with E-state index in [0.717, 1.165) is 26.9 Å². The molecule has 2 heterocycles. The van der Waals surface area contributed by atoms with E-state index in [2.05, 4.69) is 4.90 Å².